The molecule has 0 radical (unpaired) electrons. The highest BCUT2D eigenvalue weighted by Gasteiger charge is 2.30. The van der Waals surface area contributed by atoms with Crippen LogP contribution in [-0.2, 0) is 4.74 Å². The molecule has 3 rings (SSSR count). The molecule has 1 unspecified atom stereocenters. The zero-order valence-electron chi connectivity index (χ0n) is 14.4. The van der Waals surface area contributed by atoms with Crippen molar-refractivity contribution in [1.29, 1.82) is 0 Å². The molecule has 6 heteroatoms. The number of likely N-dealkylation sites (tertiary alicyclic amines) is 1. The minimum Gasteiger partial charge on any atom is -0.444 e. The lowest BCUT2D eigenvalue weighted by Gasteiger charge is -2.36. The van der Waals surface area contributed by atoms with Gasteiger partial charge in [0.15, 0.2) is 4.34 Å². The molecule has 1 amide bonds. The zero-order valence-corrected chi connectivity index (χ0v) is 16.1. The monoisotopic (exact) mass is 364 g/mol. The van der Waals surface area contributed by atoms with Crippen LogP contribution < -0.4 is 0 Å². The standard InChI is InChI=1S/C18H24N2O2S2/c1-18(2,3)22-17(21)20-11-7-6-8-13(20)12-23-16-19-14-9-4-5-10-15(14)24-16/h4-5,9-10,13H,6-8,11-12H2,1-3H3. The maximum absolute atomic E-state index is 12.5. The lowest BCUT2D eigenvalue weighted by molar-refractivity contribution is 0.0126. The smallest absolute Gasteiger partial charge is 0.410 e. The number of para-hydroxylation sites is 1. The van der Waals surface area contributed by atoms with Gasteiger partial charge in [0, 0.05) is 18.3 Å². The summed E-state index contributed by atoms with van der Waals surface area (Å²) in [6.07, 6.45) is 3.08. The number of thioether (sulfide) groups is 1. The van der Waals surface area contributed by atoms with Crippen LogP contribution in [0.2, 0.25) is 0 Å². The second kappa shape index (κ2) is 7.31. The second-order valence-electron chi connectivity index (χ2n) is 7.08. The van der Waals surface area contributed by atoms with Crippen LogP contribution in [0, 0.1) is 0 Å². The Morgan fingerprint density at radius 2 is 2.17 bits per heavy atom. The van der Waals surface area contributed by atoms with Gasteiger partial charge in [0.25, 0.3) is 0 Å². The SMILES string of the molecule is CC(C)(C)OC(=O)N1CCCCC1CSc1nc2ccccc2s1. The first-order chi connectivity index (χ1) is 11.4. The fourth-order valence-electron chi connectivity index (χ4n) is 2.82. The van der Waals surface area contributed by atoms with E-state index in [4.69, 9.17) is 4.74 Å². The van der Waals surface area contributed by atoms with Crippen molar-refractivity contribution in [3.63, 3.8) is 0 Å². The summed E-state index contributed by atoms with van der Waals surface area (Å²) in [5.74, 6) is 0.874. The molecule has 1 saturated heterocycles. The summed E-state index contributed by atoms with van der Waals surface area (Å²) < 4.78 is 7.86. The molecule has 24 heavy (non-hydrogen) atoms. The van der Waals surface area contributed by atoms with Crippen LogP contribution in [0.15, 0.2) is 28.6 Å². The largest absolute Gasteiger partial charge is 0.444 e. The van der Waals surface area contributed by atoms with Crippen molar-refractivity contribution in [1.82, 2.24) is 9.88 Å². The van der Waals surface area contributed by atoms with Gasteiger partial charge in [0.1, 0.15) is 5.60 Å². The number of carbonyl (C=O) groups is 1. The Balaban J connectivity index is 1.64. The number of carbonyl (C=O) groups excluding carboxylic acids is 1. The van der Waals surface area contributed by atoms with Crippen LogP contribution >= 0.6 is 23.1 Å². The molecular formula is C18H24N2O2S2. The normalized spacial score (nSPS) is 18.8. The quantitative estimate of drug-likeness (QED) is 0.704. The van der Waals surface area contributed by atoms with Gasteiger partial charge in [-0.3, -0.25) is 0 Å². The van der Waals surface area contributed by atoms with Crippen molar-refractivity contribution < 1.29 is 9.53 Å². The Labute approximate surface area is 151 Å². The van der Waals surface area contributed by atoms with Crippen molar-refractivity contribution in [2.24, 2.45) is 0 Å². The summed E-state index contributed by atoms with van der Waals surface area (Å²) in [6.45, 7) is 6.54. The predicted molar refractivity (Wildman–Crippen MR) is 101 cm³/mol. The fourth-order valence-corrected chi connectivity index (χ4v) is 5.07. The average Bonchev–Trinajstić information content (AvgIpc) is 2.94. The molecule has 0 aliphatic carbocycles. The first-order valence-corrected chi connectivity index (χ1v) is 10.2. The molecule has 1 aliphatic rings. The van der Waals surface area contributed by atoms with E-state index in [-0.39, 0.29) is 12.1 Å². The van der Waals surface area contributed by atoms with Crippen LogP contribution in [0.1, 0.15) is 40.0 Å². The summed E-state index contributed by atoms with van der Waals surface area (Å²) in [7, 11) is 0. The zero-order chi connectivity index (χ0) is 17.2. The number of piperidine rings is 1. The van der Waals surface area contributed by atoms with Gasteiger partial charge < -0.3 is 9.64 Å². The van der Waals surface area contributed by atoms with Gasteiger partial charge in [-0.25, -0.2) is 9.78 Å². The fraction of sp³-hybridized carbons (Fsp3) is 0.556. The van der Waals surface area contributed by atoms with E-state index >= 15 is 0 Å². The highest BCUT2D eigenvalue weighted by Crippen LogP contribution is 2.32. The van der Waals surface area contributed by atoms with E-state index < -0.39 is 5.60 Å². The molecule has 130 valence electrons. The molecule has 1 fully saturated rings. The molecular weight excluding hydrogens is 340 g/mol. The Morgan fingerprint density at radius 1 is 1.38 bits per heavy atom. The lowest BCUT2D eigenvalue weighted by atomic mass is 10.0. The third-order valence-electron chi connectivity index (χ3n) is 3.93. The highest BCUT2D eigenvalue weighted by molar-refractivity contribution is 8.01. The molecule has 4 nitrogen and oxygen atoms in total. The number of fused-ring (bicyclic) bond motifs is 1. The van der Waals surface area contributed by atoms with Crippen LogP contribution in [0.4, 0.5) is 4.79 Å². The Bertz CT molecular complexity index is 675. The second-order valence-corrected chi connectivity index (χ2v) is 9.38. The van der Waals surface area contributed by atoms with Gasteiger partial charge in [0.05, 0.1) is 10.2 Å². The third-order valence-corrected chi connectivity index (χ3v) is 6.25. The summed E-state index contributed by atoms with van der Waals surface area (Å²) in [5, 5.41) is 0. The first-order valence-electron chi connectivity index (χ1n) is 8.40. The number of benzene rings is 1. The van der Waals surface area contributed by atoms with E-state index in [2.05, 4.69) is 11.1 Å². The molecule has 1 aliphatic heterocycles. The van der Waals surface area contributed by atoms with Crippen LogP contribution in [0.3, 0.4) is 0 Å². The molecule has 0 N–H and O–H groups in total. The Kier molecular flexibility index (Phi) is 5.35. The van der Waals surface area contributed by atoms with E-state index in [0.29, 0.717) is 0 Å². The molecule has 2 aromatic rings. The number of aromatic nitrogens is 1. The van der Waals surface area contributed by atoms with Crippen molar-refractivity contribution in [3.05, 3.63) is 24.3 Å². The summed E-state index contributed by atoms with van der Waals surface area (Å²) in [4.78, 5) is 19.0. The Hall–Kier alpha value is -1.27. The van der Waals surface area contributed by atoms with Gasteiger partial charge in [0.2, 0.25) is 0 Å². The summed E-state index contributed by atoms with van der Waals surface area (Å²) in [5.41, 5.74) is 0.608. The minimum absolute atomic E-state index is 0.183. The number of hydrogen-bond donors (Lipinski definition) is 0. The van der Waals surface area contributed by atoms with Crippen LogP contribution in [0.5, 0.6) is 0 Å². The number of amides is 1. The molecule has 2 heterocycles. The average molecular weight is 365 g/mol. The molecule has 1 aromatic heterocycles. The number of ether oxygens (including phenoxy) is 1. The topological polar surface area (TPSA) is 42.4 Å². The van der Waals surface area contributed by atoms with E-state index in [1.165, 1.54) is 11.1 Å². The van der Waals surface area contributed by atoms with E-state index in [9.17, 15) is 4.79 Å². The summed E-state index contributed by atoms with van der Waals surface area (Å²) in [6, 6.07) is 8.43. The Morgan fingerprint density at radius 3 is 2.92 bits per heavy atom. The van der Waals surface area contributed by atoms with Gasteiger partial charge in [-0.05, 0) is 52.2 Å². The van der Waals surface area contributed by atoms with Crippen molar-refractivity contribution in [2.75, 3.05) is 12.3 Å². The molecule has 1 atom stereocenters. The van der Waals surface area contributed by atoms with Gasteiger partial charge >= 0.3 is 6.09 Å². The molecule has 0 spiro atoms. The minimum atomic E-state index is -0.445. The maximum atomic E-state index is 12.5. The van der Waals surface area contributed by atoms with Crippen molar-refractivity contribution >= 4 is 39.4 Å². The predicted octanol–water partition coefficient (Wildman–Crippen LogP) is 5.18. The van der Waals surface area contributed by atoms with Gasteiger partial charge in [-0.2, -0.15) is 0 Å². The van der Waals surface area contributed by atoms with E-state index in [1.54, 1.807) is 23.1 Å². The van der Waals surface area contributed by atoms with Crippen molar-refractivity contribution in [3.8, 4) is 0 Å². The molecule has 1 aromatic carbocycles. The van der Waals surface area contributed by atoms with Gasteiger partial charge in [-0.1, -0.05) is 23.9 Å². The van der Waals surface area contributed by atoms with E-state index in [1.807, 2.05) is 43.9 Å². The first kappa shape index (κ1) is 17.5. The maximum Gasteiger partial charge on any atom is 0.410 e. The van der Waals surface area contributed by atoms with Crippen LogP contribution in [-0.4, -0.2) is 39.9 Å². The van der Waals surface area contributed by atoms with E-state index in [0.717, 1.165) is 35.0 Å². The lowest BCUT2D eigenvalue weighted by Crippen LogP contribution is -2.47. The number of rotatable bonds is 3. The third kappa shape index (κ3) is 4.42. The van der Waals surface area contributed by atoms with Crippen molar-refractivity contribution in [2.45, 2.75) is 56.0 Å². The van der Waals surface area contributed by atoms with Gasteiger partial charge in [-0.15, -0.1) is 11.3 Å². The number of thiazole rings is 1. The van der Waals surface area contributed by atoms with Crippen LogP contribution in [0.25, 0.3) is 10.2 Å². The number of nitrogens with zero attached hydrogens (tertiary/aromatic N) is 2. The molecule has 0 bridgehead atoms. The summed E-state index contributed by atoms with van der Waals surface area (Å²) >= 11 is 3.47. The molecule has 0 saturated carbocycles. The highest BCUT2D eigenvalue weighted by atomic mass is 32.2. The number of hydrogen-bond acceptors (Lipinski definition) is 5.